The highest BCUT2D eigenvalue weighted by Gasteiger charge is 2.07. The predicted molar refractivity (Wildman–Crippen MR) is 127 cm³/mol. The molecule has 0 aliphatic carbocycles. The number of rotatable bonds is 9. The summed E-state index contributed by atoms with van der Waals surface area (Å²) in [5.41, 5.74) is 2.37. The van der Waals surface area contributed by atoms with Crippen molar-refractivity contribution in [3.8, 4) is 0 Å². The molecule has 0 radical (unpaired) electrons. The minimum absolute atomic E-state index is 0.0220. The van der Waals surface area contributed by atoms with Gasteiger partial charge in [0.05, 0.1) is 28.0 Å². The van der Waals surface area contributed by atoms with Crippen molar-refractivity contribution in [2.24, 2.45) is 0 Å². The number of aromatic nitrogens is 1. The van der Waals surface area contributed by atoms with Crippen LogP contribution >= 0.6 is 11.3 Å². The van der Waals surface area contributed by atoms with Crippen LogP contribution in [0.15, 0.2) is 71.3 Å². The van der Waals surface area contributed by atoms with Gasteiger partial charge >= 0.3 is 6.03 Å². The van der Waals surface area contributed by atoms with E-state index in [0.717, 1.165) is 29.8 Å². The Kier molecular flexibility index (Phi) is 7.14. The van der Waals surface area contributed by atoms with Crippen molar-refractivity contribution >= 4 is 44.9 Å². The number of nitrogens with one attached hydrogen (secondary N) is 3. The highest BCUT2D eigenvalue weighted by Crippen LogP contribution is 2.23. The van der Waals surface area contributed by atoms with Crippen LogP contribution in [0.2, 0.25) is 0 Å². The zero-order chi connectivity index (χ0) is 22.2. The summed E-state index contributed by atoms with van der Waals surface area (Å²) in [6, 6.07) is 18.4. The largest absolute Gasteiger partial charge is 0.467 e. The van der Waals surface area contributed by atoms with Gasteiger partial charge < -0.3 is 20.4 Å². The number of unbranched alkanes of at least 4 members (excludes halogenated alkanes) is 1. The number of anilines is 2. The quantitative estimate of drug-likeness (QED) is 0.292. The fourth-order valence-corrected chi connectivity index (χ4v) is 4.21. The topological polar surface area (TPSA) is 96.3 Å². The van der Waals surface area contributed by atoms with Crippen molar-refractivity contribution in [1.29, 1.82) is 0 Å². The van der Waals surface area contributed by atoms with Crippen LogP contribution in [0.1, 0.15) is 30.0 Å². The smallest absolute Gasteiger partial charge is 0.319 e. The molecule has 2 heterocycles. The number of hydrogen-bond donors (Lipinski definition) is 3. The SMILES string of the molecule is O=C(CCCCc1nc2ccccc2s1)Nc1ccc(NC(=O)NCc2ccco2)cc1. The van der Waals surface area contributed by atoms with Gasteiger partial charge in [0, 0.05) is 17.8 Å². The molecule has 3 N–H and O–H groups in total. The van der Waals surface area contributed by atoms with E-state index in [4.69, 9.17) is 4.42 Å². The Balaban J connectivity index is 1.15. The van der Waals surface area contributed by atoms with Gasteiger partial charge in [-0.15, -0.1) is 11.3 Å². The molecule has 0 bridgehead atoms. The second-order valence-corrected chi connectivity index (χ2v) is 8.41. The number of benzene rings is 2. The van der Waals surface area contributed by atoms with Crippen molar-refractivity contribution in [3.63, 3.8) is 0 Å². The Hall–Kier alpha value is -3.65. The summed E-state index contributed by atoms with van der Waals surface area (Å²) in [6.07, 6.45) is 4.63. The van der Waals surface area contributed by atoms with Crippen molar-refractivity contribution in [3.05, 3.63) is 77.7 Å². The zero-order valence-corrected chi connectivity index (χ0v) is 18.3. The first-order chi connectivity index (χ1) is 15.7. The molecule has 4 rings (SSSR count). The summed E-state index contributed by atoms with van der Waals surface area (Å²) in [7, 11) is 0. The maximum absolute atomic E-state index is 12.2. The first kappa shape index (κ1) is 21.6. The molecule has 0 aliphatic rings. The Bertz CT molecular complexity index is 1140. The molecule has 7 nitrogen and oxygen atoms in total. The molecule has 2 aromatic carbocycles. The maximum Gasteiger partial charge on any atom is 0.319 e. The van der Waals surface area contributed by atoms with Gasteiger partial charge in [-0.05, 0) is 67.8 Å². The van der Waals surface area contributed by atoms with Crippen molar-refractivity contribution in [2.75, 3.05) is 10.6 Å². The summed E-state index contributed by atoms with van der Waals surface area (Å²) in [6.45, 7) is 0.311. The lowest BCUT2D eigenvalue weighted by atomic mass is 10.2. The third kappa shape index (κ3) is 6.18. The van der Waals surface area contributed by atoms with Crippen LogP contribution in [-0.4, -0.2) is 16.9 Å². The number of fused-ring (bicyclic) bond motifs is 1. The minimum Gasteiger partial charge on any atom is -0.467 e. The highest BCUT2D eigenvalue weighted by molar-refractivity contribution is 7.18. The Morgan fingerprint density at radius 3 is 2.44 bits per heavy atom. The van der Waals surface area contributed by atoms with Crippen LogP contribution in [0.3, 0.4) is 0 Å². The standard InChI is InChI=1S/C24H24N4O3S/c29-22(9-3-4-10-23-28-20-7-1-2-8-21(20)32-23)26-17-11-13-18(14-12-17)27-24(30)25-16-19-6-5-15-31-19/h1-2,5-8,11-15H,3-4,9-10,16H2,(H,26,29)(H2,25,27,30). The van der Waals surface area contributed by atoms with Crippen LogP contribution in [0, 0.1) is 0 Å². The summed E-state index contributed by atoms with van der Waals surface area (Å²) < 4.78 is 6.37. The lowest BCUT2D eigenvalue weighted by molar-refractivity contribution is -0.116. The molecule has 0 unspecified atom stereocenters. The summed E-state index contributed by atoms with van der Waals surface area (Å²) in [5, 5.41) is 9.46. The van der Waals surface area contributed by atoms with E-state index in [1.54, 1.807) is 54.0 Å². The van der Waals surface area contributed by atoms with Gasteiger partial charge in [0.1, 0.15) is 5.76 Å². The maximum atomic E-state index is 12.2. The van der Waals surface area contributed by atoms with Gasteiger partial charge in [-0.2, -0.15) is 0 Å². The number of hydrogen-bond acceptors (Lipinski definition) is 5. The van der Waals surface area contributed by atoms with E-state index >= 15 is 0 Å². The van der Waals surface area contributed by atoms with Crippen LogP contribution in [-0.2, 0) is 17.8 Å². The normalized spacial score (nSPS) is 10.8. The molecule has 3 amide bonds. The number of carbonyl (C=O) groups excluding carboxylic acids is 2. The van der Waals surface area contributed by atoms with E-state index in [2.05, 4.69) is 27.0 Å². The summed E-state index contributed by atoms with van der Waals surface area (Å²) in [4.78, 5) is 28.8. The number of aryl methyl sites for hydroxylation is 1. The van der Waals surface area contributed by atoms with Gasteiger partial charge in [-0.3, -0.25) is 4.79 Å². The van der Waals surface area contributed by atoms with E-state index in [1.165, 1.54) is 4.70 Å². The lowest BCUT2D eigenvalue weighted by Crippen LogP contribution is -2.27. The van der Waals surface area contributed by atoms with Gasteiger partial charge in [0.25, 0.3) is 0 Å². The van der Waals surface area contributed by atoms with Crippen LogP contribution < -0.4 is 16.0 Å². The van der Waals surface area contributed by atoms with Gasteiger partial charge in [-0.25, -0.2) is 9.78 Å². The molecule has 164 valence electrons. The second kappa shape index (κ2) is 10.6. The molecular weight excluding hydrogens is 424 g/mol. The summed E-state index contributed by atoms with van der Waals surface area (Å²) >= 11 is 1.72. The van der Waals surface area contributed by atoms with Gasteiger partial charge in [0.2, 0.25) is 5.91 Å². The number of para-hydroxylation sites is 1. The summed E-state index contributed by atoms with van der Waals surface area (Å²) in [5.74, 6) is 0.657. The van der Waals surface area contributed by atoms with E-state index < -0.39 is 0 Å². The molecule has 32 heavy (non-hydrogen) atoms. The fraction of sp³-hybridized carbons (Fsp3) is 0.208. The van der Waals surface area contributed by atoms with Gasteiger partial charge in [0.15, 0.2) is 0 Å². The van der Waals surface area contributed by atoms with E-state index in [9.17, 15) is 9.59 Å². The number of amides is 3. The molecule has 0 saturated carbocycles. The number of thiazole rings is 1. The van der Waals surface area contributed by atoms with Crippen LogP contribution in [0.25, 0.3) is 10.2 Å². The predicted octanol–water partition coefficient (Wildman–Crippen LogP) is 5.56. The Labute approximate surface area is 189 Å². The number of urea groups is 1. The van der Waals surface area contributed by atoms with E-state index in [0.29, 0.717) is 30.1 Å². The van der Waals surface area contributed by atoms with Crippen molar-refractivity contribution in [1.82, 2.24) is 10.3 Å². The second-order valence-electron chi connectivity index (χ2n) is 7.30. The molecule has 4 aromatic rings. The first-order valence-electron chi connectivity index (χ1n) is 10.5. The molecule has 0 fully saturated rings. The third-order valence-corrected chi connectivity index (χ3v) is 5.91. The molecular formula is C24H24N4O3S. The average molecular weight is 449 g/mol. The average Bonchev–Trinajstić information content (AvgIpc) is 3.46. The number of nitrogens with zero attached hydrogens (tertiary/aromatic N) is 1. The van der Waals surface area contributed by atoms with Crippen molar-refractivity contribution < 1.29 is 14.0 Å². The van der Waals surface area contributed by atoms with Gasteiger partial charge in [-0.1, -0.05) is 12.1 Å². The monoisotopic (exact) mass is 448 g/mol. The minimum atomic E-state index is -0.327. The molecule has 2 aromatic heterocycles. The highest BCUT2D eigenvalue weighted by atomic mass is 32.1. The Morgan fingerprint density at radius 2 is 1.69 bits per heavy atom. The van der Waals surface area contributed by atoms with E-state index in [-0.39, 0.29) is 11.9 Å². The number of furan rings is 1. The van der Waals surface area contributed by atoms with E-state index in [1.807, 2.05) is 18.2 Å². The molecule has 0 saturated heterocycles. The third-order valence-electron chi connectivity index (χ3n) is 4.81. The van der Waals surface area contributed by atoms with Crippen molar-refractivity contribution in [2.45, 2.75) is 32.2 Å². The zero-order valence-electron chi connectivity index (χ0n) is 17.5. The molecule has 8 heteroatoms. The Morgan fingerprint density at radius 1 is 0.906 bits per heavy atom. The first-order valence-corrected chi connectivity index (χ1v) is 11.3. The van der Waals surface area contributed by atoms with Crippen LogP contribution in [0.5, 0.6) is 0 Å². The number of carbonyl (C=O) groups is 2. The molecule has 0 aliphatic heterocycles. The lowest BCUT2D eigenvalue weighted by Gasteiger charge is -2.08. The molecule has 0 spiro atoms. The fourth-order valence-electron chi connectivity index (χ4n) is 3.20. The molecule has 0 atom stereocenters. The van der Waals surface area contributed by atoms with Crippen LogP contribution in [0.4, 0.5) is 16.2 Å².